The monoisotopic (exact) mass is 248 g/mol. The van der Waals surface area contributed by atoms with Gasteiger partial charge in [-0.15, -0.1) is 0 Å². The van der Waals surface area contributed by atoms with Crippen molar-refractivity contribution in [2.24, 2.45) is 22.4 Å². The van der Waals surface area contributed by atoms with Gasteiger partial charge >= 0.3 is 0 Å². The Morgan fingerprint density at radius 3 is 1.53 bits per heavy atom. The first-order valence-electron chi connectivity index (χ1n) is 5.47. The molecule has 0 unspecified atom stereocenters. The maximum Gasteiger partial charge on any atom is 0.292 e. The van der Waals surface area contributed by atoms with Crippen molar-refractivity contribution in [1.29, 1.82) is 0 Å². The van der Waals surface area contributed by atoms with Crippen LogP contribution >= 0.6 is 0 Å². The van der Waals surface area contributed by atoms with Crippen LogP contribution in [0.15, 0.2) is 10.6 Å². The Balaban J connectivity index is 3.70. The topological polar surface area (TPSA) is 95.3 Å². The van der Waals surface area contributed by atoms with Crippen molar-refractivity contribution in [3.63, 3.8) is 0 Å². The third-order valence-corrected chi connectivity index (χ3v) is 1.45. The van der Waals surface area contributed by atoms with Gasteiger partial charge in [-0.25, -0.2) is 0 Å². The van der Waals surface area contributed by atoms with Crippen LogP contribution in [0.25, 0.3) is 0 Å². The van der Waals surface area contributed by atoms with Crippen molar-refractivity contribution in [3.05, 3.63) is 10.4 Å². The van der Waals surface area contributed by atoms with Gasteiger partial charge in [0.05, 0.1) is 0 Å². The molecule has 0 saturated carbocycles. The predicted molar refractivity (Wildman–Crippen MR) is 58.6 cm³/mol. The Hall–Kier alpha value is -1.60. The molecule has 0 amide bonds. The zero-order chi connectivity index (χ0) is 13.3. The van der Waals surface area contributed by atoms with Crippen molar-refractivity contribution in [2.75, 3.05) is 19.9 Å². The SMILES string of the molecule is CC(C)C/[N+]([O-])=N\OCO/N=[N+](/[O-])CC(C)C. The van der Waals surface area contributed by atoms with Crippen LogP contribution in [0.3, 0.4) is 0 Å². The van der Waals surface area contributed by atoms with Crippen molar-refractivity contribution in [2.45, 2.75) is 27.7 Å². The summed E-state index contributed by atoms with van der Waals surface area (Å²) < 4.78 is 0. The third kappa shape index (κ3) is 10.7. The van der Waals surface area contributed by atoms with Crippen LogP contribution in [-0.4, -0.2) is 29.6 Å². The smallest absolute Gasteiger partial charge is 0.292 e. The highest BCUT2D eigenvalue weighted by atomic mass is 16.8. The molecule has 0 aliphatic rings. The van der Waals surface area contributed by atoms with Gasteiger partial charge in [-0.05, 0) is 0 Å². The Morgan fingerprint density at radius 1 is 0.882 bits per heavy atom. The van der Waals surface area contributed by atoms with Crippen molar-refractivity contribution >= 4 is 0 Å². The van der Waals surface area contributed by atoms with E-state index in [9.17, 15) is 10.4 Å². The van der Waals surface area contributed by atoms with E-state index in [1.807, 2.05) is 27.7 Å². The third-order valence-electron chi connectivity index (χ3n) is 1.45. The maximum absolute atomic E-state index is 11.0. The molecule has 0 rings (SSSR count). The van der Waals surface area contributed by atoms with Crippen molar-refractivity contribution in [3.8, 4) is 0 Å². The summed E-state index contributed by atoms with van der Waals surface area (Å²) in [6.45, 7) is 7.63. The molecular weight excluding hydrogens is 228 g/mol. The summed E-state index contributed by atoms with van der Waals surface area (Å²) in [5, 5.41) is 28.3. The second-order valence-electron chi connectivity index (χ2n) is 4.40. The van der Waals surface area contributed by atoms with Crippen LogP contribution in [0.2, 0.25) is 0 Å². The van der Waals surface area contributed by atoms with E-state index < -0.39 is 0 Å². The Morgan fingerprint density at radius 2 is 1.24 bits per heavy atom. The highest BCUT2D eigenvalue weighted by Gasteiger charge is 2.03. The molecule has 0 heterocycles. The van der Waals surface area contributed by atoms with Crippen LogP contribution in [0, 0.1) is 22.3 Å². The van der Waals surface area contributed by atoms with E-state index >= 15 is 0 Å². The van der Waals surface area contributed by atoms with Gasteiger partial charge in [0.25, 0.3) is 6.79 Å². The van der Waals surface area contributed by atoms with Gasteiger partial charge in [0.15, 0.2) is 13.1 Å². The molecule has 0 aromatic rings. The van der Waals surface area contributed by atoms with Gasteiger partial charge in [0.1, 0.15) is 0 Å². The van der Waals surface area contributed by atoms with E-state index in [1.165, 1.54) is 0 Å². The summed E-state index contributed by atoms with van der Waals surface area (Å²) in [6, 6.07) is 0. The molecule has 0 atom stereocenters. The largest absolute Gasteiger partial charge is 0.597 e. The van der Waals surface area contributed by atoms with Gasteiger partial charge in [0, 0.05) is 11.8 Å². The summed E-state index contributed by atoms with van der Waals surface area (Å²) in [5.41, 5.74) is 0. The molecule has 0 N–H and O–H groups in total. The summed E-state index contributed by atoms with van der Waals surface area (Å²) in [5.74, 6) is 0.377. The molecule has 17 heavy (non-hydrogen) atoms. The van der Waals surface area contributed by atoms with Crippen LogP contribution in [0.5, 0.6) is 0 Å². The standard InChI is InChI=1S/C9H20N4O4/c1-8(2)5-12(14)10-16-7-17-11-13(15)6-9(3)4/h8-9H,5-7H2,1-4H3/b12-10+,13-11+. The molecule has 0 aromatic carbocycles. The van der Waals surface area contributed by atoms with Gasteiger partial charge in [0.2, 0.25) is 10.6 Å². The summed E-state index contributed by atoms with van der Waals surface area (Å²) in [7, 11) is 0. The van der Waals surface area contributed by atoms with Crippen molar-refractivity contribution in [1.82, 2.24) is 0 Å². The summed E-state index contributed by atoms with van der Waals surface area (Å²) in [4.78, 5) is 9.84. The lowest BCUT2D eigenvalue weighted by atomic mass is 10.2. The fourth-order valence-electron chi connectivity index (χ4n) is 0.891. The van der Waals surface area contributed by atoms with E-state index in [1.54, 1.807) is 0 Å². The summed E-state index contributed by atoms with van der Waals surface area (Å²) in [6.07, 6.45) is 0. The zero-order valence-electron chi connectivity index (χ0n) is 10.7. The lowest BCUT2D eigenvalue weighted by Gasteiger charge is -2.03. The average molecular weight is 248 g/mol. The molecule has 0 aromatic heterocycles. The Kier molecular flexibility index (Phi) is 7.74. The fraction of sp³-hybridized carbons (Fsp3) is 1.00. The van der Waals surface area contributed by atoms with Crippen LogP contribution in [0.1, 0.15) is 27.7 Å². The van der Waals surface area contributed by atoms with Gasteiger partial charge < -0.3 is 20.1 Å². The van der Waals surface area contributed by atoms with E-state index in [0.29, 0.717) is 9.72 Å². The molecule has 0 saturated heterocycles. The van der Waals surface area contributed by atoms with E-state index in [-0.39, 0.29) is 31.7 Å². The highest BCUT2D eigenvalue weighted by Crippen LogP contribution is 1.94. The van der Waals surface area contributed by atoms with Gasteiger partial charge in [-0.2, -0.15) is 0 Å². The quantitative estimate of drug-likeness (QED) is 0.216. The fourth-order valence-corrected chi connectivity index (χ4v) is 0.891. The maximum atomic E-state index is 11.0. The lowest BCUT2D eigenvalue weighted by Crippen LogP contribution is -2.11. The summed E-state index contributed by atoms with van der Waals surface area (Å²) >= 11 is 0. The number of hydroxylamine groups is 2. The second kappa shape index (κ2) is 8.54. The van der Waals surface area contributed by atoms with Crippen molar-refractivity contribution < 1.29 is 19.4 Å². The molecule has 0 aliphatic carbocycles. The van der Waals surface area contributed by atoms with E-state index in [0.717, 1.165) is 0 Å². The molecule has 0 fully saturated rings. The van der Waals surface area contributed by atoms with Crippen LogP contribution in [0.4, 0.5) is 0 Å². The van der Waals surface area contributed by atoms with Crippen LogP contribution < -0.4 is 0 Å². The molecule has 8 nitrogen and oxygen atoms in total. The normalized spacial score (nSPS) is 13.3. The zero-order valence-corrected chi connectivity index (χ0v) is 10.7. The Bertz CT molecular complexity index is 240. The molecule has 0 spiro atoms. The van der Waals surface area contributed by atoms with Crippen LogP contribution in [-0.2, 0) is 9.68 Å². The van der Waals surface area contributed by atoms with E-state index in [4.69, 9.17) is 0 Å². The first-order chi connectivity index (χ1) is 7.91. The first kappa shape index (κ1) is 15.4. The molecular formula is C9H20N4O4. The first-order valence-corrected chi connectivity index (χ1v) is 5.47. The number of hydrogen-bond donors (Lipinski definition) is 0. The minimum Gasteiger partial charge on any atom is -0.597 e. The molecule has 8 heteroatoms. The van der Waals surface area contributed by atoms with E-state index in [2.05, 4.69) is 20.2 Å². The lowest BCUT2D eigenvalue weighted by molar-refractivity contribution is -0.578. The second-order valence-corrected chi connectivity index (χ2v) is 4.40. The highest BCUT2D eigenvalue weighted by molar-refractivity contribution is 4.35. The number of hydrogen-bond acceptors (Lipinski definition) is 6. The van der Waals surface area contributed by atoms with Gasteiger partial charge in [-0.1, -0.05) is 37.4 Å². The number of nitrogens with zero attached hydrogens (tertiary/aromatic N) is 4. The molecule has 0 aliphatic heterocycles. The minimum absolute atomic E-state index is 0.189. The number of rotatable bonds is 8. The molecule has 100 valence electrons. The Labute approximate surface area is 101 Å². The van der Waals surface area contributed by atoms with Gasteiger partial charge in [-0.3, -0.25) is 0 Å². The minimum atomic E-state index is -0.367. The molecule has 0 radical (unpaired) electrons. The average Bonchev–Trinajstić information content (AvgIpc) is 2.14. The predicted octanol–water partition coefficient (Wildman–Crippen LogP) is 2.04. The molecule has 0 bridgehead atoms.